The van der Waals surface area contributed by atoms with Crippen LogP contribution in [0.3, 0.4) is 0 Å². The molecule has 0 unspecified atom stereocenters. The maximum Gasteiger partial charge on any atom is 0.310 e. The van der Waals surface area contributed by atoms with Crippen LogP contribution in [0.5, 0.6) is 0 Å². The van der Waals surface area contributed by atoms with E-state index in [0.29, 0.717) is 5.57 Å². The van der Waals surface area contributed by atoms with Crippen molar-refractivity contribution in [2.45, 2.75) is 46.6 Å². The van der Waals surface area contributed by atoms with Crippen LogP contribution >= 0.6 is 0 Å². The minimum Gasteiger partial charge on any atom is -0.460 e. The Kier molecular flexibility index (Phi) is 8.77. The number of nitrogens with zero attached hydrogens (tertiary/aromatic N) is 1. The van der Waals surface area contributed by atoms with Crippen LogP contribution < -0.4 is 5.73 Å². The molecule has 23 heavy (non-hydrogen) atoms. The lowest BCUT2D eigenvalue weighted by Gasteiger charge is -2.19. The Hall–Kier alpha value is -2.24. The summed E-state index contributed by atoms with van der Waals surface area (Å²) in [5.74, 6) is -1.92. The predicted octanol–water partition coefficient (Wildman–Crippen LogP) is 4.27. The molecule has 0 saturated heterocycles. The summed E-state index contributed by atoms with van der Waals surface area (Å²) in [5.41, 5.74) is 5.28. The molecule has 0 atom stereocenters. The quantitative estimate of drug-likeness (QED) is 0.664. The van der Waals surface area contributed by atoms with Crippen molar-refractivity contribution in [2.75, 3.05) is 0 Å². The Morgan fingerprint density at radius 2 is 1.74 bits per heavy atom. The van der Waals surface area contributed by atoms with Crippen LogP contribution in [0, 0.1) is 11.6 Å². The highest BCUT2D eigenvalue weighted by Gasteiger charge is 2.16. The lowest BCUT2D eigenvalue weighted by molar-refractivity contribution is -0.153. The van der Waals surface area contributed by atoms with Gasteiger partial charge >= 0.3 is 5.97 Å². The predicted molar refractivity (Wildman–Crippen MR) is 88.6 cm³/mol. The van der Waals surface area contributed by atoms with Crippen molar-refractivity contribution in [3.8, 4) is 0 Å². The molecular formula is C17H24F2N2O2. The molecule has 2 N–H and O–H groups in total. The van der Waals surface area contributed by atoms with Crippen LogP contribution in [-0.4, -0.2) is 17.8 Å². The summed E-state index contributed by atoms with van der Waals surface area (Å²) in [6.45, 7) is 9.25. The first kappa shape index (κ1) is 20.8. The Morgan fingerprint density at radius 1 is 1.22 bits per heavy atom. The van der Waals surface area contributed by atoms with Gasteiger partial charge in [-0.25, -0.2) is 8.78 Å². The second kappa shape index (κ2) is 9.71. The van der Waals surface area contributed by atoms with Crippen LogP contribution in [0.2, 0.25) is 0 Å². The number of halogens is 2. The number of rotatable bonds is 4. The molecule has 0 aromatic heterocycles. The Bertz CT molecular complexity index is 556. The van der Waals surface area contributed by atoms with Gasteiger partial charge in [0.1, 0.15) is 17.2 Å². The molecule has 0 bridgehead atoms. The first-order chi connectivity index (χ1) is 10.7. The van der Waals surface area contributed by atoms with Crippen molar-refractivity contribution >= 4 is 17.9 Å². The van der Waals surface area contributed by atoms with Crippen LogP contribution in [0.15, 0.2) is 35.0 Å². The number of benzene rings is 1. The molecule has 0 saturated carbocycles. The molecule has 0 amide bonds. The van der Waals surface area contributed by atoms with Crippen molar-refractivity contribution in [2.24, 2.45) is 10.7 Å². The van der Waals surface area contributed by atoms with Crippen LogP contribution in [-0.2, 0) is 9.53 Å². The molecule has 0 heterocycles. The summed E-state index contributed by atoms with van der Waals surface area (Å²) >= 11 is 0. The average molecular weight is 326 g/mol. The van der Waals surface area contributed by atoms with Crippen molar-refractivity contribution in [1.82, 2.24) is 0 Å². The summed E-state index contributed by atoms with van der Waals surface area (Å²) in [7, 11) is 0. The summed E-state index contributed by atoms with van der Waals surface area (Å²) in [6.07, 6.45) is 2.40. The van der Waals surface area contributed by atoms with Gasteiger partial charge in [0.15, 0.2) is 0 Å². The third-order valence-corrected chi connectivity index (χ3v) is 2.21. The summed E-state index contributed by atoms with van der Waals surface area (Å²) < 4.78 is 31.1. The fourth-order valence-corrected chi connectivity index (χ4v) is 1.46. The van der Waals surface area contributed by atoms with E-state index in [1.165, 1.54) is 12.4 Å². The molecule has 0 radical (unpaired) electrons. The topological polar surface area (TPSA) is 64.7 Å². The van der Waals surface area contributed by atoms with Gasteiger partial charge in [-0.1, -0.05) is 13.8 Å². The number of nitrogens with two attached hydrogens (primary N) is 1. The molecule has 1 rings (SSSR count). The van der Waals surface area contributed by atoms with Crippen molar-refractivity contribution in [3.63, 3.8) is 0 Å². The first-order valence-electron chi connectivity index (χ1n) is 7.32. The van der Waals surface area contributed by atoms with Gasteiger partial charge in [0.25, 0.3) is 0 Å². The molecule has 128 valence electrons. The Balaban J connectivity index is 0.00000232. The zero-order valence-corrected chi connectivity index (χ0v) is 14.2. The number of aliphatic imine (C=N–C) groups is 1. The summed E-state index contributed by atoms with van der Waals surface area (Å²) in [5, 5.41) is 0. The molecule has 0 aliphatic heterocycles. The number of carbonyl (C=O) groups is 1. The molecule has 0 spiro atoms. The molecule has 1 aromatic rings. The molecule has 6 heteroatoms. The Morgan fingerprint density at radius 3 is 2.17 bits per heavy atom. The Labute approximate surface area is 136 Å². The van der Waals surface area contributed by atoms with E-state index in [1.807, 2.05) is 13.8 Å². The maximum atomic E-state index is 13.0. The molecule has 4 nitrogen and oxygen atoms in total. The molecule has 0 fully saturated rings. The van der Waals surface area contributed by atoms with E-state index in [1.54, 1.807) is 20.8 Å². The highest BCUT2D eigenvalue weighted by Crippen LogP contribution is 2.16. The van der Waals surface area contributed by atoms with E-state index < -0.39 is 23.2 Å². The van der Waals surface area contributed by atoms with E-state index in [0.717, 1.165) is 18.2 Å². The van der Waals surface area contributed by atoms with E-state index >= 15 is 0 Å². The van der Waals surface area contributed by atoms with Crippen LogP contribution in [0.25, 0.3) is 0 Å². The van der Waals surface area contributed by atoms with Gasteiger partial charge in [-0.2, -0.15) is 0 Å². The zero-order valence-electron chi connectivity index (χ0n) is 14.2. The molecule has 0 aliphatic rings. The molecule has 1 aromatic carbocycles. The largest absolute Gasteiger partial charge is 0.460 e. The van der Waals surface area contributed by atoms with Gasteiger partial charge in [0.05, 0.1) is 12.1 Å². The normalized spacial score (nSPS) is 11.9. The first-order valence-corrected chi connectivity index (χ1v) is 7.32. The van der Waals surface area contributed by atoms with Crippen LogP contribution in [0.4, 0.5) is 14.5 Å². The van der Waals surface area contributed by atoms with E-state index in [-0.39, 0.29) is 12.1 Å². The monoisotopic (exact) mass is 326 g/mol. The standard InChI is InChI=1S/C15H18F2N2O2.C2H6/c1-15(2,3)21-14(20)4-10(8-18)9-19-13-6-11(16)5-12(17)7-13;1-2/h5-9H,4,18H2,1-3H3;1-2H3/b10-8-,19-9?;. The highest BCUT2D eigenvalue weighted by molar-refractivity contribution is 5.88. The number of carbonyl (C=O) groups excluding carboxylic acids is 1. The fraction of sp³-hybridized carbons (Fsp3) is 0.412. The minimum atomic E-state index is -0.729. The third-order valence-electron chi connectivity index (χ3n) is 2.21. The lowest BCUT2D eigenvalue weighted by atomic mass is 10.2. The number of hydrogen-bond donors (Lipinski definition) is 1. The molecular weight excluding hydrogens is 302 g/mol. The van der Waals surface area contributed by atoms with Crippen molar-refractivity contribution in [3.05, 3.63) is 41.6 Å². The SMILES string of the molecule is CC.CC(C)(C)OC(=O)C/C(C=Nc1cc(F)cc(F)c1)=C/N. The van der Waals surface area contributed by atoms with Gasteiger partial charge in [-0.05, 0) is 44.7 Å². The van der Waals surface area contributed by atoms with Gasteiger partial charge in [-0.3, -0.25) is 9.79 Å². The number of hydrogen-bond acceptors (Lipinski definition) is 4. The third kappa shape index (κ3) is 9.39. The van der Waals surface area contributed by atoms with Crippen molar-refractivity contribution in [1.29, 1.82) is 0 Å². The van der Waals surface area contributed by atoms with Gasteiger partial charge in [-0.15, -0.1) is 0 Å². The molecule has 0 aliphatic carbocycles. The minimum absolute atomic E-state index is 0.0743. The van der Waals surface area contributed by atoms with Crippen LogP contribution in [0.1, 0.15) is 41.0 Å². The highest BCUT2D eigenvalue weighted by atomic mass is 19.1. The average Bonchev–Trinajstić information content (AvgIpc) is 2.42. The smallest absolute Gasteiger partial charge is 0.310 e. The van der Waals surface area contributed by atoms with Gasteiger partial charge < -0.3 is 10.5 Å². The van der Waals surface area contributed by atoms with E-state index in [4.69, 9.17) is 10.5 Å². The number of ether oxygens (including phenoxy) is 1. The van der Waals surface area contributed by atoms with Crippen molar-refractivity contribution < 1.29 is 18.3 Å². The van der Waals surface area contributed by atoms with E-state index in [9.17, 15) is 13.6 Å². The summed E-state index contributed by atoms with van der Waals surface area (Å²) in [6, 6.07) is 2.89. The number of esters is 1. The zero-order chi connectivity index (χ0) is 18.0. The van der Waals surface area contributed by atoms with Gasteiger partial charge in [0, 0.05) is 12.3 Å². The summed E-state index contributed by atoms with van der Waals surface area (Å²) in [4.78, 5) is 15.5. The fourth-order valence-electron chi connectivity index (χ4n) is 1.46. The van der Waals surface area contributed by atoms with Gasteiger partial charge in [0.2, 0.25) is 0 Å². The second-order valence-corrected chi connectivity index (χ2v) is 5.39. The van der Waals surface area contributed by atoms with E-state index in [2.05, 4.69) is 4.99 Å². The lowest BCUT2D eigenvalue weighted by Crippen LogP contribution is -2.24. The maximum absolute atomic E-state index is 13.0. The second-order valence-electron chi connectivity index (χ2n) is 5.39.